The van der Waals surface area contributed by atoms with Crippen LogP contribution in [0.3, 0.4) is 0 Å². The first-order valence-electron chi connectivity index (χ1n) is 12.4. The molecular formula is C25H27F6N5O5. The Morgan fingerprint density at radius 2 is 1.44 bits per heavy atom. The maximum atomic E-state index is 12.9. The van der Waals surface area contributed by atoms with E-state index in [1.54, 1.807) is 0 Å². The molecule has 41 heavy (non-hydrogen) atoms. The highest BCUT2D eigenvalue weighted by Crippen LogP contribution is 2.45. The lowest BCUT2D eigenvalue weighted by molar-refractivity contribution is -0.193. The third-order valence-electron chi connectivity index (χ3n) is 6.71. The molecule has 2 amide bonds. The average Bonchev–Trinajstić information content (AvgIpc) is 3.65. The van der Waals surface area contributed by atoms with Gasteiger partial charge in [0, 0.05) is 57.9 Å². The van der Waals surface area contributed by atoms with E-state index in [0.29, 0.717) is 0 Å². The van der Waals surface area contributed by atoms with E-state index in [4.69, 9.17) is 24.8 Å². The molecule has 2 N–H and O–H groups in total. The maximum Gasteiger partial charge on any atom is 0.490 e. The number of carboxylic acid groups (broad SMARTS) is 2. The van der Waals surface area contributed by atoms with Crippen LogP contribution >= 0.6 is 0 Å². The van der Waals surface area contributed by atoms with Gasteiger partial charge in [0.1, 0.15) is 0 Å². The van der Waals surface area contributed by atoms with Crippen LogP contribution in [0.2, 0.25) is 0 Å². The van der Waals surface area contributed by atoms with Gasteiger partial charge in [0.15, 0.2) is 0 Å². The molecule has 0 radical (unpaired) electrons. The van der Waals surface area contributed by atoms with E-state index in [1.807, 2.05) is 35.6 Å². The number of nitrogens with zero attached hydrogens (tertiary/aromatic N) is 5. The lowest BCUT2D eigenvalue weighted by Crippen LogP contribution is -2.43. The molecule has 2 saturated heterocycles. The van der Waals surface area contributed by atoms with Crippen LogP contribution in [0, 0.1) is 0 Å². The van der Waals surface area contributed by atoms with E-state index in [0.717, 1.165) is 64.2 Å². The number of amides is 2. The van der Waals surface area contributed by atoms with Crippen molar-refractivity contribution < 1.29 is 50.9 Å². The van der Waals surface area contributed by atoms with E-state index < -0.39 is 24.3 Å². The molecule has 3 aliphatic heterocycles. The van der Waals surface area contributed by atoms with Gasteiger partial charge in [0.05, 0.1) is 16.8 Å². The van der Waals surface area contributed by atoms with E-state index in [9.17, 15) is 31.1 Å². The van der Waals surface area contributed by atoms with E-state index in [1.165, 1.54) is 11.3 Å². The predicted molar refractivity (Wildman–Crippen MR) is 131 cm³/mol. The second kappa shape index (κ2) is 12.6. The molecule has 10 nitrogen and oxygen atoms in total. The summed E-state index contributed by atoms with van der Waals surface area (Å²) in [5.41, 5.74) is 3.52. The Kier molecular flexibility index (Phi) is 9.65. The molecule has 0 saturated carbocycles. The molecule has 0 aromatic carbocycles. The molecule has 224 valence electrons. The molecule has 3 aliphatic rings. The van der Waals surface area contributed by atoms with Crippen LogP contribution in [0.15, 0.2) is 42.9 Å². The summed E-state index contributed by atoms with van der Waals surface area (Å²) in [6.45, 7) is 5.16. The number of likely N-dealkylation sites (tertiary alicyclic amines) is 2. The van der Waals surface area contributed by atoms with Gasteiger partial charge in [-0.3, -0.25) is 9.97 Å². The standard InChI is InChI=1S/C21H25N5O.2C2HF3O2/c27-20(24-10-1-2-11-24)25-12-7-21(15-25)16-26(14-17-5-3-8-22-13-17)18-6-4-9-23-19(18)21;2*3-2(4,5)1(6)7/h3-6,8-9,13H,1-2,7,10-12,14-16H2;2*(H,6,7). The Labute approximate surface area is 230 Å². The molecule has 2 fully saturated rings. The molecule has 16 heteroatoms. The number of rotatable bonds is 2. The fraction of sp³-hybridized carbons (Fsp3) is 0.480. The van der Waals surface area contributed by atoms with Crippen molar-refractivity contribution in [3.63, 3.8) is 0 Å². The first kappa shape index (κ1) is 31.4. The van der Waals surface area contributed by atoms with E-state index in [2.05, 4.69) is 26.9 Å². The third kappa shape index (κ3) is 7.98. The van der Waals surface area contributed by atoms with Gasteiger partial charge in [-0.2, -0.15) is 26.3 Å². The number of hydrogen-bond acceptors (Lipinski definition) is 6. The number of carboxylic acids is 2. The minimum atomic E-state index is -5.08. The molecule has 2 aromatic heterocycles. The van der Waals surface area contributed by atoms with Crippen molar-refractivity contribution in [3.8, 4) is 0 Å². The van der Waals surface area contributed by atoms with Crippen molar-refractivity contribution in [2.75, 3.05) is 37.6 Å². The van der Waals surface area contributed by atoms with Crippen LogP contribution in [0.1, 0.15) is 30.5 Å². The number of hydrogen-bond donors (Lipinski definition) is 2. The second-order valence-corrected chi connectivity index (χ2v) is 9.62. The number of urea groups is 1. The number of aliphatic carboxylic acids is 2. The summed E-state index contributed by atoms with van der Waals surface area (Å²) in [6.07, 6.45) is -1.29. The quantitative estimate of drug-likeness (QED) is 0.504. The summed E-state index contributed by atoms with van der Waals surface area (Å²) >= 11 is 0. The molecule has 5 heterocycles. The molecule has 1 spiro atoms. The Balaban J connectivity index is 0.000000276. The van der Waals surface area contributed by atoms with Gasteiger partial charge in [-0.25, -0.2) is 14.4 Å². The Bertz CT molecular complexity index is 1200. The normalized spacial score (nSPS) is 19.7. The average molecular weight is 592 g/mol. The van der Waals surface area contributed by atoms with Crippen LogP contribution in [0.25, 0.3) is 0 Å². The van der Waals surface area contributed by atoms with Crippen LogP contribution in [-0.2, 0) is 21.5 Å². The van der Waals surface area contributed by atoms with Gasteiger partial charge in [-0.15, -0.1) is 0 Å². The van der Waals surface area contributed by atoms with Crippen molar-refractivity contribution in [1.82, 2.24) is 19.8 Å². The Morgan fingerprint density at radius 1 is 0.854 bits per heavy atom. The van der Waals surface area contributed by atoms with Crippen molar-refractivity contribution in [1.29, 1.82) is 0 Å². The zero-order valence-corrected chi connectivity index (χ0v) is 21.5. The highest BCUT2D eigenvalue weighted by atomic mass is 19.4. The first-order chi connectivity index (χ1) is 19.1. The molecule has 5 rings (SSSR count). The summed E-state index contributed by atoms with van der Waals surface area (Å²) in [7, 11) is 0. The Morgan fingerprint density at radius 3 is 1.98 bits per heavy atom. The topological polar surface area (TPSA) is 127 Å². The molecule has 1 unspecified atom stereocenters. The summed E-state index contributed by atoms with van der Waals surface area (Å²) in [5, 5.41) is 14.2. The van der Waals surface area contributed by atoms with Gasteiger partial charge >= 0.3 is 30.3 Å². The van der Waals surface area contributed by atoms with Crippen LogP contribution in [0.4, 0.5) is 36.8 Å². The van der Waals surface area contributed by atoms with Crippen molar-refractivity contribution >= 4 is 23.7 Å². The van der Waals surface area contributed by atoms with Gasteiger partial charge in [-0.1, -0.05) is 6.07 Å². The van der Waals surface area contributed by atoms with Gasteiger partial charge in [0.2, 0.25) is 0 Å². The molecule has 1 atom stereocenters. The fourth-order valence-electron chi connectivity index (χ4n) is 4.91. The Hall–Kier alpha value is -4.11. The fourth-order valence-corrected chi connectivity index (χ4v) is 4.91. The number of halogens is 6. The zero-order chi connectivity index (χ0) is 30.4. The maximum absolute atomic E-state index is 12.9. The minimum Gasteiger partial charge on any atom is -0.475 e. The second-order valence-electron chi connectivity index (χ2n) is 9.62. The number of alkyl halides is 6. The van der Waals surface area contributed by atoms with E-state index in [-0.39, 0.29) is 11.4 Å². The third-order valence-corrected chi connectivity index (χ3v) is 6.71. The minimum absolute atomic E-state index is 0.0474. The molecule has 0 aliphatic carbocycles. The number of pyridine rings is 2. The SMILES string of the molecule is O=C(N1CCCC1)N1CCC2(C1)CN(Cc1cccnc1)c1cccnc12.O=C(O)C(F)(F)F.O=C(O)C(F)(F)F. The van der Waals surface area contributed by atoms with Crippen molar-refractivity contribution in [2.45, 2.75) is 43.6 Å². The summed E-state index contributed by atoms with van der Waals surface area (Å²) < 4.78 is 63.5. The monoisotopic (exact) mass is 591 g/mol. The molecule has 2 aromatic rings. The highest BCUT2D eigenvalue weighted by molar-refractivity contribution is 5.76. The number of aromatic nitrogens is 2. The lowest BCUT2D eigenvalue weighted by Gasteiger charge is -2.28. The summed E-state index contributed by atoms with van der Waals surface area (Å²) in [5.74, 6) is -5.51. The van der Waals surface area contributed by atoms with Gasteiger partial charge < -0.3 is 24.9 Å². The number of carbonyl (C=O) groups is 3. The summed E-state index contributed by atoms with van der Waals surface area (Å²) in [4.78, 5) is 46.2. The van der Waals surface area contributed by atoms with Gasteiger partial charge in [-0.05, 0) is 43.0 Å². The zero-order valence-electron chi connectivity index (χ0n) is 21.5. The van der Waals surface area contributed by atoms with Crippen LogP contribution < -0.4 is 4.90 Å². The highest BCUT2D eigenvalue weighted by Gasteiger charge is 2.50. The lowest BCUT2D eigenvalue weighted by atomic mass is 9.85. The largest absolute Gasteiger partial charge is 0.490 e. The first-order valence-corrected chi connectivity index (χ1v) is 12.4. The van der Waals surface area contributed by atoms with Crippen molar-refractivity contribution in [2.24, 2.45) is 0 Å². The number of anilines is 1. The van der Waals surface area contributed by atoms with Crippen molar-refractivity contribution in [3.05, 3.63) is 54.1 Å². The molecule has 0 bridgehead atoms. The van der Waals surface area contributed by atoms with Crippen LogP contribution in [0.5, 0.6) is 0 Å². The molecular weight excluding hydrogens is 564 g/mol. The van der Waals surface area contributed by atoms with Crippen LogP contribution in [-0.4, -0.2) is 93.0 Å². The summed E-state index contributed by atoms with van der Waals surface area (Å²) in [6, 6.07) is 8.49. The predicted octanol–water partition coefficient (Wildman–Crippen LogP) is 3.92. The number of fused-ring (bicyclic) bond motifs is 2. The van der Waals surface area contributed by atoms with E-state index >= 15 is 0 Å². The van der Waals surface area contributed by atoms with Gasteiger partial charge in [0.25, 0.3) is 0 Å². The smallest absolute Gasteiger partial charge is 0.475 e. The number of carbonyl (C=O) groups excluding carboxylic acids is 1.